The van der Waals surface area contributed by atoms with Crippen molar-refractivity contribution in [2.45, 2.75) is 6.61 Å². The second kappa shape index (κ2) is 6.67. The van der Waals surface area contributed by atoms with Gasteiger partial charge in [-0.15, -0.1) is 0 Å². The largest absolute Gasteiger partial charge is 0.478 e. The maximum Gasteiger partial charge on any atom is 0.328 e. The number of aliphatic carboxylic acids is 1. The molecule has 0 amide bonds. The SMILES string of the molecule is O=C(O)/C=C/c1c(F)cccc1Oc1cccc(CO)c1. The molecule has 108 valence electrons. The maximum atomic E-state index is 13.8. The Morgan fingerprint density at radius 2 is 2.00 bits per heavy atom. The van der Waals surface area contributed by atoms with Crippen molar-refractivity contribution >= 4 is 12.0 Å². The molecule has 0 saturated heterocycles. The summed E-state index contributed by atoms with van der Waals surface area (Å²) in [6.07, 6.45) is 1.98. The number of rotatable bonds is 5. The van der Waals surface area contributed by atoms with Crippen molar-refractivity contribution < 1.29 is 24.1 Å². The van der Waals surface area contributed by atoms with E-state index in [1.165, 1.54) is 18.2 Å². The molecule has 0 heterocycles. The van der Waals surface area contributed by atoms with Gasteiger partial charge in [0.1, 0.15) is 17.3 Å². The van der Waals surface area contributed by atoms with Gasteiger partial charge in [0.15, 0.2) is 0 Å². The Labute approximate surface area is 120 Å². The zero-order chi connectivity index (χ0) is 15.2. The van der Waals surface area contributed by atoms with Gasteiger partial charge in [0, 0.05) is 6.08 Å². The lowest BCUT2D eigenvalue weighted by molar-refractivity contribution is -0.131. The zero-order valence-electron chi connectivity index (χ0n) is 11.0. The Hall–Kier alpha value is -2.66. The number of ether oxygens (including phenoxy) is 1. The van der Waals surface area contributed by atoms with Gasteiger partial charge in [0.05, 0.1) is 12.2 Å². The molecule has 0 aliphatic carbocycles. The van der Waals surface area contributed by atoms with Crippen molar-refractivity contribution in [3.8, 4) is 11.5 Å². The van der Waals surface area contributed by atoms with E-state index in [0.717, 1.165) is 12.2 Å². The summed E-state index contributed by atoms with van der Waals surface area (Å²) >= 11 is 0. The number of carboxylic acid groups (broad SMARTS) is 1. The summed E-state index contributed by atoms with van der Waals surface area (Å²) in [5.41, 5.74) is 0.709. The van der Waals surface area contributed by atoms with E-state index in [9.17, 15) is 9.18 Å². The predicted molar refractivity (Wildman–Crippen MR) is 75.5 cm³/mol. The molecule has 2 aromatic rings. The highest BCUT2D eigenvalue weighted by Gasteiger charge is 2.08. The number of aliphatic hydroxyl groups excluding tert-OH is 1. The molecule has 4 nitrogen and oxygen atoms in total. The Bertz CT molecular complexity index is 680. The lowest BCUT2D eigenvalue weighted by Gasteiger charge is -2.10. The van der Waals surface area contributed by atoms with Crippen molar-refractivity contribution in [1.82, 2.24) is 0 Å². The number of benzene rings is 2. The molecule has 0 fully saturated rings. The lowest BCUT2D eigenvalue weighted by atomic mass is 10.1. The molecule has 0 aliphatic rings. The van der Waals surface area contributed by atoms with Gasteiger partial charge in [-0.05, 0) is 35.9 Å². The number of carbonyl (C=O) groups is 1. The third-order valence-corrected chi connectivity index (χ3v) is 2.71. The molecular formula is C16H13FO4. The Balaban J connectivity index is 2.35. The van der Waals surface area contributed by atoms with Crippen LogP contribution in [0.1, 0.15) is 11.1 Å². The Kier molecular flexibility index (Phi) is 4.68. The first-order valence-corrected chi connectivity index (χ1v) is 6.17. The van der Waals surface area contributed by atoms with Gasteiger partial charge in [0.2, 0.25) is 0 Å². The Morgan fingerprint density at radius 1 is 1.24 bits per heavy atom. The van der Waals surface area contributed by atoms with Crippen LogP contribution in [0.25, 0.3) is 6.08 Å². The summed E-state index contributed by atoms with van der Waals surface area (Å²) in [6.45, 7) is -0.133. The highest BCUT2D eigenvalue weighted by Crippen LogP contribution is 2.28. The third-order valence-electron chi connectivity index (χ3n) is 2.71. The number of hydrogen-bond donors (Lipinski definition) is 2. The molecule has 0 bridgehead atoms. The second-order valence-electron chi connectivity index (χ2n) is 4.23. The van der Waals surface area contributed by atoms with Gasteiger partial charge >= 0.3 is 5.97 Å². The van der Waals surface area contributed by atoms with Crippen LogP contribution in [-0.2, 0) is 11.4 Å². The van der Waals surface area contributed by atoms with Gasteiger partial charge in [-0.1, -0.05) is 18.2 Å². The average molecular weight is 288 g/mol. The summed E-state index contributed by atoms with van der Waals surface area (Å²) in [5.74, 6) is -1.13. The third kappa shape index (κ3) is 3.90. The van der Waals surface area contributed by atoms with Crippen LogP contribution in [0, 0.1) is 5.82 Å². The fourth-order valence-electron chi connectivity index (χ4n) is 1.76. The molecule has 21 heavy (non-hydrogen) atoms. The highest BCUT2D eigenvalue weighted by atomic mass is 19.1. The van der Waals surface area contributed by atoms with Crippen LogP contribution in [0.2, 0.25) is 0 Å². The molecule has 0 radical (unpaired) electrons. The fourth-order valence-corrected chi connectivity index (χ4v) is 1.76. The molecule has 0 spiro atoms. The molecule has 0 saturated carbocycles. The van der Waals surface area contributed by atoms with Crippen LogP contribution in [0.5, 0.6) is 11.5 Å². The van der Waals surface area contributed by atoms with Crippen LogP contribution in [0.3, 0.4) is 0 Å². The summed E-state index contributed by atoms with van der Waals surface area (Å²) in [7, 11) is 0. The number of aliphatic hydroxyl groups is 1. The smallest absolute Gasteiger partial charge is 0.328 e. The van der Waals surface area contributed by atoms with Crippen LogP contribution in [0.4, 0.5) is 4.39 Å². The number of hydrogen-bond acceptors (Lipinski definition) is 3. The second-order valence-corrected chi connectivity index (χ2v) is 4.23. The van der Waals surface area contributed by atoms with Crippen LogP contribution >= 0.6 is 0 Å². The fraction of sp³-hybridized carbons (Fsp3) is 0.0625. The monoisotopic (exact) mass is 288 g/mol. The van der Waals surface area contributed by atoms with Crippen molar-refractivity contribution in [2.75, 3.05) is 0 Å². The minimum atomic E-state index is -1.17. The molecule has 2 rings (SSSR count). The first-order valence-electron chi connectivity index (χ1n) is 6.17. The number of halogens is 1. The molecule has 0 unspecified atom stereocenters. The van der Waals surface area contributed by atoms with E-state index in [-0.39, 0.29) is 17.9 Å². The lowest BCUT2D eigenvalue weighted by Crippen LogP contribution is -1.93. The van der Waals surface area contributed by atoms with Crippen LogP contribution in [-0.4, -0.2) is 16.2 Å². The predicted octanol–water partition coefficient (Wildman–Crippen LogP) is 3.21. The minimum absolute atomic E-state index is 0.0503. The van der Waals surface area contributed by atoms with Gasteiger partial charge in [-0.25, -0.2) is 9.18 Å². The minimum Gasteiger partial charge on any atom is -0.478 e. The first-order chi connectivity index (χ1) is 10.1. The van der Waals surface area contributed by atoms with E-state index in [4.69, 9.17) is 14.9 Å². The zero-order valence-corrected chi connectivity index (χ0v) is 11.0. The first kappa shape index (κ1) is 14.7. The van der Waals surface area contributed by atoms with Crippen molar-refractivity contribution in [3.63, 3.8) is 0 Å². The summed E-state index contributed by atoms with van der Waals surface area (Å²) < 4.78 is 19.4. The van der Waals surface area contributed by atoms with Crippen molar-refractivity contribution in [1.29, 1.82) is 0 Å². The standard InChI is InChI=1S/C16H13FO4/c17-14-5-2-6-15(13(14)7-8-16(19)20)21-12-4-1-3-11(9-12)10-18/h1-9,18H,10H2,(H,19,20)/b8-7+. The van der Waals surface area contributed by atoms with E-state index in [1.54, 1.807) is 24.3 Å². The topological polar surface area (TPSA) is 66.8 Å². The highest BCUT2D eigenvalue weighted by molar-refractivity contribution is 5.86. The molecule has 0 aromatic heterocycles. The normalized spacial score (nSPS) is 10.8. The van der Waals surface area contributed by atoms with Gasteiger partial charge in [-0.3, -0.25) is 0 Å². The molecule has 5 heteroatoms. The van der Waals surface area contributed by atoms with Gasteiger partial charge in [0.25, 0.3) is 0 Å². The quantitative estimate of drug-likeness (QED) is 0.829. The molecule has 2 aromatic carbocycles. The molecular weight excluding hydrogens is 275 g/mol. The maximum absolute atomic E-state index is 13.8. The van der Waals surface area contributed by atoms with Gasteiger partial charge in [-0.2, -0.15) is 0 Å². The number of carboxylic acids is 1. The molecule has 2 N–H and O–H groups in total. The summed E-state index contributed by atoms with van der Waals surface area (Å²) in [6, 6.07) is 10.9. The van der Waals surface area contributed by atoms with Gasteiger partial charge < -0.3 is 14.9 Å². The average Bonchev–Trinajstić information content (AvgIpc) is 2.46. The van der Waals surface area contributed by atoms with E-state index in [2.05, 4.69) is 0 Å². The van der Waals surface area contributed by atoms with Crippen LogP contribution in [0.15, 0.2) is 48.5 Å². The van der Waals surface area contributed by atoms with E-state index >= 15 is 0 Å². The van der Waals surface area contributed by atoms with E-state index in [1.807, 2.05) is 0 Å². The van der Waals surface area contributed by atoms with E-state index < -0.39 is 11.8 Å². The molecule has 0 aliphatic heterocycles. The van der Waals surface area contributed by atoms with Crippen molar-refractivity contribution in [2.24, 2.45) is 0 Å². The van der Waals surface area contributed by atoms with E-state index in [0.29, 0.717) is 11.3 Å². The summed E-state index contributed by atoms with van der Waals surface area (Å²) in [5, 5.41) is 17.7. The summed E-state index contributed by atoms with van der Waals surface area (Å²) in [4.78, 5) is 10.6. The Morgan fingerprint density at radius 3 is 2.71 bits per heavy atom. The van der Waals surface area contributed by atoms with Crippen molar-refractivity contribution in [3.05, 3.63) is 65.5 Å². The molecule has 0 atom stereocenters. The van der Waals surface area contributed by atoms with Crippen LogP contribution < -0.4 is 4.74 Å².